The summed E-state index contributed by atoms with van der Waals surface area (Å²) in [5.41, 5.74) is 0. The molecule has 0 aliphatic heterocycles. The minimum atomic E-state index is -2.48. The molecule has 0 fully saturated rings. The third kappa shape index (κ3) is 17.9. The maximum absolute atomic E-state index is 10.4. The summed E-state index contributed by atoms with van der Waals surface area (Å²) in [6.07, 6.45) is 13.5. The van der Waals surface area contributed by atoms with Gasteiger partial charge in [-0.2, -0.15) is 11.8 Å². The first-order valence-corrected chi connectivity index (χ1v) is 14.6. The van der Waals surface area contributed by atoms with Crippen molar-refractivity contribution in [3.8, 4) is 5.75 Å². The summed E-state index contributed by atoms with van der Waals surface area (Å²) in [6.45, 7) is 5.18. The Morgan fingerprint density at radius 1 is 0.906 bits per heavy atom. The van der Waals surface area contributed by atoms with Gasteiger partial charge < -0.3 is 9.47 Å². The smallest absolute Gasteiger partial charge is 0.490 e. The fourth-order valence-corrected chi connectivity index (χ4v) is 4.83. The lowest BCUT2D eigenvalue weighted by Gasteiger charge is -2.18. The Labute approximate surface area is 201 Å². The Hall–Kier alpha value is -0.650. The summed E-state index contributed by atoms with van der Waals surface area (Å²) in [6, 6.07) is 10.2. The van der Waals surface area contributed by atoms with Gasteiger partial charge >= 0.3 is 8.25 Å². The minimum Gasteiger partial charge on any atom is -0.490 e. The van der Waals surface area contributed by atoms with Crippen molar-refractivity contribution in [2.45, 2.75) is 96.7 Å². The van der Waals surface area contributed by atoms with Gasteiger partial charge in [-0.3, -0.25) is 0 Å². The first kappa shape index (κ1) is 29.4. The SMILES string of the molecule is CCCC(CCSCCCCCCCCC(C)OCCCO[P+](=O)O)Oc1ccccc1. The minimum absolute atomic E-state index is 0.247. The van der Waals surface area contributed by atoms with Crippen LogP contribution < -0.4 is 4.74 Å². The largest absolute Gasteiger partial charge is 0.694 e. The number of ether oxygens (including phenoxy) is 2. The van der Waals surface area contributed by atoms with E-state index in [-0.39, 0.29) is 12.7 Å². The Kier molecular flexibility index (Phi) is 19.2. The Morgan fingerprint density at radius 3 is 2.34 bits per heavy atom. The molecule has 1 aromatic rings. The molecule has 0 aromatic heterocycles. The lowest BCUT2D eigenvalue weighted by atomic mass is 10.1. The fourth-order valence-electron chi connectivity index (χ4n) is 3.50. The molecule has 7 heteroatoms. The van der Waals surface area contributed by atoms with E-state index >= 15 is 0 Å². The average molecular weight is 488 g/mol. The predicted octanol–water partition coefficient (Wildman–Crippen LogP) is 7.55. The van der Waals surface area contributed by atoms with E-state index in [1.165, 1.54) is 50.0 Å². The van der Waals surface area contributed by atoms with Crippen molar-refractivity contribution in [1.82, 2.24) is 0 Å². The molecule has 0 aliphatic rings. The number of para-hydroxylation sites is 1. The molecule has 1 N–H and O–H groups in total. The van der Waals surface area contributed by atoms with Crippen molar-refractivity contribution in [3.05, 3.63) is 30.3 Å². The van der Waals surface area contributed by atoms with Gasteiger partial charge in [0.05, 0.1) is 12.2 Å². The molecule has 184 valence electrons. The normalized spacial score (nSPS) is 13.7. The van der Waals surface area contributed by atoms with Crippen molar-refractivity contribution in [1.29, 1.82) is 0 Å². The van der Waals surface area contributed by atoms with Crippen LogP contribution in [0.1, 0.15) is 84.5 Å². The van der Waals surface area contributed by atoms with Crippen LogP contribution in [0.2, 0.25) is 0 Å². The van der Waals surface area contributed by atoms with Crippen molar-refractivity contribution < 1.29 is 23.5 Å². The highest BCUT2D eigenvalue weighted by atomic mass is 32.2. The molecule has 5 nitrogen and oxygen atoms in total. The number of benzene rings is 1. The second kappa shape index (κ2) is 20.9. The lowest BCUT2D eigenvalue weighted by Crippen LogP contribution is -2.17. The van der Waals surface area contributed by atoms with Gasteiger partial charge in [0.15, 0.2) is 0 Å². The van der Waals surface area contributed by atoms with E-state index in [0.717, 1.165) is 31.4 Å². The number of hydrogen-bond donors (Lipinski definition) is 1. The molecule has 1 rings (SSSR count). The predicted molar refractivity (Wildman–Crippen MR) is 136 cm³/mol. The quantitative estimate of drug-likeness (QED) is 0.135. The molecule has 0 bridgehead atoms. The highest BCUT2D eigenvalue weighted by Crippen LogP contribution is 2.19. The third-order valence-electron chi connectivity index (χ3n) is 5.28. The van der Waals surface area contributed by atoms with E-state index in [0.29, 0.717) is 19.1 Å². The second-order valence-corrected chi connectivity index (χ2v) is 10.2. The standard InChI is InChI=1S/C25H43O5PS/c1-3-14-24(30-25-16-10-8-11-17-25)18-22-32-21-12-7-5-4-6-9-15-23(2)28-19-13-20-29-31(26)27/h8,10-11,16-17,23-24H,3-7,9,12-15,18-22H2,1-2H3/p+1. The van der Waals surface area contributed by atoms with Gasteiger partial charge in [-0.15, -0.1) is 9.42 Å². The fraction of sp³-hybridized carbons (Fsp3) is 0.760. The van der Waals surface area contributed by atoms with Crippen molar-refractivity contribution in [2.75, 3.05) is 24.7 Å². The maximum Gasteiger partial charge on any atom is 0.694 e. The lowest BCUT2D eigenvalue weighted by molar-refractivity contribution is 0.0505. The third-order valence-corrected chi connectivity index (χ3v) is 6.79. The zero-order chi connectivity index (χ0) is 23.3. The van der Waals surface area contributed by atoms with E-state index in [2.05, 4.69) is 30.1 Å². The van der Waals surface area contributed by atoms with Gasteiger partial charge in [0.25, 0.3) is 0 Å². The highest BCUT2D eigenvalue weighted by Gasteiger charge is 2.11. The van der Waals surface area contributed by atoms with E-state index in [4.69, 9.17) is 14.4 Å². The monoisotopic (exact) mass is 487 g/mol. The van der Waals surface area contributed by atoms with Crippen LogP contribution in [0.4, 0.5) is 0 Å². The average Bonchev–Trinajstić information content (AvgIpc) is 2.77. The van der Waals surface area contributed by atoms with Gasteiger partial charge in [-0.1, -0.05) is 63.6 Å². The molecule has 32 heavy (non-hydrogen) atoms. The molecule has 3 unspecified atom stereocenters. The zero-order valence-electron chi connectivity index (χ0n) is 20.1. The van der Waals surface area contributed by atoms with E-state index < -0.39 is 8.25 Å². The van der Waals surface area contributed by atoms with Crippen molar-refractivity contribution in [2.24, 2.45) is 0 Å². The Balaban J connectivity index is 1.89. The van der Waals surface area contributed by atoms with Crippen LogP contribution >= 0.6 is 20.0 Å². The topological polar surface area (TPSA) is 65.0 Å². The molecule has 0 heterocycles. The maximum atomic E-state index is 10.4. The van der Waals surface area contributed by atoms with Crippen LogP contribution in [-0.2, 0) is 13.8 Å². The molecule has 3 atom stereocenters. The molecule has 1 aromatic carbocycles. The van der Waals surface area contributed by atoms with E-state index in [1.807, 2.05) is 30.3 Å². The molecule has 0 amide bonds. The number of unbranched alkanes of at least 4 members (excludes halogenated alkanes) is 5. The van der Waals surface area contributed by atoms with Crippen LogP contribution in [0.15, 0.2) is 30.3 Å². The van der Waals surface area contributed by atoms with Gasteiger partial charge in [-0.25, -0.2) is 0 Å². The number of rotatable bonds is 22. The molecule has 0 radical (unpaired) electrons. The van der Waals surface area contributed by atoms with Crippen LogP contribution in [0.5, 0.6) is 5.75 Å². The molecular formula is C25H44O5PS+. The first-order chi connectivity index (χ1) is 15.6. The van der Waals surface area contributed by atoms with Gasteiger partial charge in [0.1, 0.15) is 12.4 Å². The van der Waals surface area contributed by atoms with Gasteiger partial charge in [0, 0.05) is 11.2 Å². The van der Waals surface area contributed by atoms with Crippen LogP contribution in [0.3, 0.4) is 0 Å². The molecular weight excluding hydrogens is 443 g/mol. The van der Waals surface area contributed by atoms with Crippen LogP contribution in [0, 0.1) is 0 Å². The molecule has 0 saturated carbocycles. The highest BCUT2D eigenvalue weighted by molar-refractivity contribution is 7.99. The second-order valence-electron chi connectivity index (χ2n) is 8.26. The van der Waals surface area contributed by atoms with Crippen molar-refractivity contribution >= 4 is 20.0 Å². The molecule has 0 spiro atoms. The molecule has 0 aliphatic carbocycles. The first-order valence-electron chi connectivity index (χ1n) is 12.3. The van der Waals surface area contributed by atoms with Crippen molar-refractivity contribution in [3.63, 3.8) is 0 Å². The summed E-state index contributed by atoms with van der Waals surface area (Å²) < 4.78 is 26.9. The number of hydrogen-bond acceptors (Lipinski definition) is 5. The van der Waals surface area contributed by atoms with E-state index in [9.17, 15) is 4.57 Å². The number of thioether (sulfide) groups is 1. The summed E-state index contributed by atoms with van der Waals surface area (Å²) >= 11 is 2.07. The van der Waals surface area contributed by atoms with Crippen LogP contribution in [0.25, 0.3) is 0 Å². The van der Waals surface area contributed by atoms with Gasteiger partial charge in [0.2, 0.25) is 0 Å². The molecule has 0 saturated heterocycles. The zero-order valence-corrected chi connectivity index (χ0v) is 21.8. The summed E-state index contributed by atoms with van der Waals surface area (Å²) in [5, 5.41) is 0. The van der Waals surface area contributed by atoms with Crippen LogP contribution in [-0.4, -0.2) is 41.8 Å². The van der Waals surface area contributed by atoms with E-state index in [1.54, 1.807) is 0 Å². The Morgan fingerprint density at radius 2 is 1.62 bits per heavy atom. The summed E-state index contributed by atoms with van der Waals surface area (Å²) in [5.74, 6) is 3.42. The summed E-state index contributed by atoms with van der Waals surface area (Å²) in [4.78, 5) is 8.54. The summed E-state index contributed by atoms with van der Waals surface area (Å²) in [7, 11) is -2.48. The van der Waals surface area contributed by atoms with Gasteiger partial charge in [-0.05, 0) is 62.7 Å². The Bertz CT molecular complexity index is 561.